The van der Waals surface area contributed by atoms with Crippen molar-refractivity contribution in [1.29, 1.82) is 0 Å². The minimum Gasteiger partial charge on any atom is -0.310 e. The van der Waals surface area contributed by atoms with Gasteiger partial charge in [0.25, 0.3) is 0 Å². The van der Waals surface area contributed by atoms with Crippen LogP contribution in [0.25, 0.3) is 0 Å². The van der Waals surface area contributed by atoms with Crippen molar-refractivity contribution in [3.05, 3.63) is 53.7 Å². The van der Waals surface area contributed by atoms with E-state index in [2.05, 4.69) is 10.3 Å². The number of benzene rings is 1. The zero-order valence-electron chi connectivity index (χ0n) is 11.9. The quantitative estimate of drug-likeness (QED) is 0.922. The molecule has 4 nitrogen and oxygen atoms in total. The van der Waals surface area contributed by atoms with Gasteiger partial charge in [-0.15, -0.1) is 0 Å². The molecular formula is C16H18N2O2S. The van der Waals surface area contributed by atoms with Crippen LogP contribution in [0, 0.1) is 6.92 Å². The van der Waals surface area contributed by atoms with E-state index in [1.807, 2.05) is 13.0 Å². The van der Waals surface area contributed by atoms with Crippen molar-refractivity contribution >= 4 is 9.84 Å². The molecule has 0 atom stereocenters. The van der Waals surface area contributed by atoms with Gasteiger partial charge < -0.3 is 5.32 Å². The van der Waals surface area contributed by atoms with Crippen molar-refractivity contribution in [2.45, 2.75) is 42.3 Å². The lowest BCUT2D eigenvalue weighted by Crippen LogP contribution is -2.18. The molecule has 1 N–H and O–H groups in total. The number of aryl methyl sites for hydroxylation is 1. The lowest BCUT2D eigenvalue weighted by Gasteiger charge is -2.10. The van der Waals surface area contributed by atoms with E-state index < -0.39 is 9.84 Å². The summed E-state index contributed by atoms with van der Waals surface area (Å²) in [5.74, 6) is 0. The van der Waals surface area contributed by atoms with Crippen molar-refractivity contribution < 1.29 is 8.42 Å². The normalized spacial score (nSPS) is 15.1. The summed E-state index contributed by atoms with van der Waals surface area (Å²) >= 11 is 0. The second-order valence-corrected chi connectivity index (χ2v) is 7.30. The molecule has 0 bridgehead atoms. The van der Waals surface area contributed by atoms with Gasteiger partial charge in [0, 0.05) is 24.3 Å². The van der Waals surface area contributed by atoms with Gasteiger partial charge >= 0.3 is 0 Å². The summed E-state index contributed by atoms with van der Waals surface area (Å²) in [6.45, 7) is 2.47. The molecule has 1 saturated carbocycles. The van der Waals surface area contributed by atoms with Gasteiger partial charge in [-0.25, -0.2) is 13.4 Å². The van der Waals surface area contributed by atoms with E-state index in [1.165, 1.54) is 19.0 Å². The van der Waals surface area contributed by atoms with Gasteiger partial charge in [-0.3, -0.25) is 0 Å². The average Bonchev–Trinajstić information content (AvgIpc) is 3.30. The molecule has 1 fully saturated rings. The van der Waals surface area contributed by atoms with Crippen molar-refractivity contribution in [1.82, 2.24) is 10.3 Å². The molecule has 0 radical (unpaired) electrons. The van der Waals surface area contributed by atoms with E-state index >= 15 is 0 Å². The molecule has 0 saturated heterocycles. The van der Waals surface area contributed by atoms with Crippen LogP contribution in [-0.4, -0.2) is 19.4 Å². The average molecular weight is 302 g/mol. The van der Waals surface area contributed by atoms with Gasteiger partial charge in [-0.05, 0) is 38.0 Å². The Kier molecular flexibility index (Phi) is 3.78. The van der Waals surface area contributed by atoms with Crippen LogP contribution in [0.2, 0.25) is 0 Å². The van der Waals surface area contributed by atoms with Crippen LogP contribution in [-0.2, 0) is 16.4 Å². The second kappa shape index (κ2) is 5.58. The van der Waals surface area contributed by atoms with Crippen LogP contribution in [0.5, 0.6) is 0 Å². The van der Waals surface area contributed by atoms with E-state index in [4.69, 9.17) is 0 Å². The zero-order valence-corrected chi connectivity index (χ0v) is 12.7. The molecule has 1 aliphatic carbocycles. The van der Waals surface area contributed by atoms with Crippen LogP contribution in [0.1, 0.15) is 24.0 Å². The number of hydrogen-bond acceptors (Lipinski definition) is 4. The highest BCUT2D eigenvalue weighted by atomic mass is 32.2. The molecule has 5 heteroatoms. The highest BCUT2D eigenvalue weighted by Gasteiger charge is 2.25. The first-order chi connectivity index (χ1) is 10.1. The number of nitrogens with zero attached hydrogens (tertiary/aromatic N) is 1. The molecule has 1 aromatic heterocycles. The van der Waals surface area contributed by atoms with Crippen LogP contribution < -0.4 is 5.32 Å². The number of rotatable bonds is 5. The van der Waals surface area contributed by atoms with Crippen LogP contribution in [0.4, 0.5) is 0 Å². The predicted octanol–water partition coefficient (Wildman–Crippen LogP) is 2.47. The molecule has 0 spiro atoms. The maximum Gasteiger partial charge on any atom is 0.224 e. The van der Waals surface area contributed by atoms with Crippen molar-refractivity contribution in [2.24, 2.45) is 0 Å². The lowest BCUT2D eigenvalue weighted by atomic mass is 10.2. The highest BCUT2D eigenvalue weighted by Crippen LogP contribution is 2.24. The van der Waals surface area contributed by atoms with Crippen LogP contribution in [0.15, 0.2) is 52.5 Å². The minimum absolute atomic E-state index is 0.155. The predicted molar refractivity (Wildman–Crippen MR) is 80.7 cm³/mol. The Morgan fingerprint density at radius 3 is 2.57 bits per heavy atom. The maximum absolute atomic E-state index is 12.7. The molecule has 3 rings (SSSR count). The fourth-order valence-corrected chi connectivity index (χ4v) is 3.57. The Labute approximate surface area is 125 Å². The molecule has 1 aliphatic rings. The highest BCUT2D eigenvalue weighted by molar-refractivity contribution is 7.91. The summed E-state index contributed by atoms with van der Waals surface area (Å²) < 4.78 is 25.5. The first-order valence-corrected chi connectivity index (χ1v) is 8.55. The van der Waals surface area contributed by atoms with E-state index in [-0.39, 0.29) is 5.03 Å². The summed E-state index contributed by atoms with van der Waals surface area (Å²) in [5, 5.41) is 3.50. The van der Waals surface area contributed by atoms with Crippen LogP contribution in [0.3, 0.4) is 0 Å². The van der Waals surface area contributed by atoms with Gasteiger partial charge in [0.15, 0.2) is 5.03 Å². The monoisotopic (exact) mass is 302 g/mol. The smallest absolute Gasteiger partial charge is 0.224 e. The molecule has 0 amide bonds. The first kappa shape index (κ1) is 14.2. The van der Waals surface area contributed by atoms with Gasteiger partial charge in [0.05, 0.1) is 4.90 Å². The zero-order chi connectivity index (χ0) is 14.9. The largest absolute Gasteiger partial charge is 0.310 e. The Morgan fingerprint density at radius 1 is 1.19 bits per heavy atom. The Balaban J connectivity index is 1.95. The van der Waals surface area contributed by atoms with E-state index in [1.54, 1.807) is 30.3 Å². The number of aromatic nitrogens is 1. The molecule has 110 valence electrons. The van der Waals surface area contributed by atoms with Crippen molar-refractivity contribution in [3.8, 4) is 0 Å². The molecule has 0 aliphatic heterocycles. The van der Waals surface area contributed by atoms with Gasteiger partial charge in [-0.2, -0.15) is 0 Å². The number of pyridine rings is 1. The number of sulfone groups is 1. The van der Waals surface area contributed by atoms with Gasteiger partial charge in [0.1, 0.15) is 0 Å². The van der Waals surface area contributed by atoms with E-state index in [0.29, 0.717) is 17.5 Å². The summed E-state index contributed by atoms with van der Waals surface area (Å²) in [7, 11) is -3.56. The SMILES string of the molecule is Cc1ccc(S(=O)(=O)c2ncccc2CNC2CC2)cc1. The standard InChI is InChI=1S/C16H18N2O2S/c1-12-4-8-15(9-5-12)21(19,20)16-13(3-2-10-17-16)11-18-14-6-7-14/h2-5,8-10,14,18H,6-7,11H2,1H3. The fourth-order valence-electron chi connectivity index (χ4n) is 2.17. The lowest BCUT2D eigenvalue weighted by molar-refractivity contribution is 0.587. The van der Waals surface area contributed by atoms with Crippen molar-refractivity contribution in [3.63, 3.8) is 0 Å². The molecule has 1 aromatic carbocycles. The Morgan fingerprint density at radius 2 is 1.90 bits per heavy atom. The summed E-state index contributed by atoms with van der Waals surface area (Å²) in [4.78, 5) is 4.41. The third-order valence-corrected chi connectivity index (χ3v) is 5.36. The molecule has 1 heterocycles. The van der Waals surface area contributed by atoms with Gasteiger partial charge in [0.2, 0.25) is 9.84 Å². The molecular weight excluding hydrogens is 284 g/mol. The third-order valence-electron chi connectivity index (χ3n) is 3.59. The minimum atomic E-state index is -3.56. The maximum atomic E-state index is 12.7. The number of nitrogens with one attached hydrogen (secondary N) is 1. The number of hydrogen-bond donors (Lipinski definition) is 1. The first-order valence-electron chi connectivity index (χ1n) is 7.06. The summed E-state index contributed by atoms with van der Waals surface area (Å²) in [6, 6.07) is 11.0. The Hall–Kier alpha value is -1.72. The Bertz CT molecular complexity index is 735. The summed E-state index contributed by atoms with van der Waals surface area (Å²) in [5.41, 5.74) is 1.76. The second-order valence-electron chi connectivity index (χ2n) is 5.44. The van der Waals surface area contributed by atoms with Crippen molar-refractivity contribution in [2.75, 3.05) is 0 Å². The molecule has 2 aromatic rings. The van der Waals surface area contributed by atoms with Gasteiger partial charge in [-0.1, -0.05) is 23.8 Å². The third kappa shape index (κ3) is 3.14. The van der Waals surface area contributed by atoms with Crippen LogP contribution >= 0.6 is 0 Å². The fraction of sp³-hybridized carbons (Fsp3) is 0.312. The molecule has 0 unspecified atom stereocenters. The van der Waals surface area contributed by atoms with E-state index in [9.17, 15) is 8.42 Å². The summed E-state index contributed by atoms with van der Waals surface area (Å²) in [6.07, 6.45) is 3.86. The topological polar surface area (TPSA) is 59.1 Å². The molecule has 21 heavy (non-hydrogen) atoms. The van der Waals surface area contributed by atoms with E-state index in [0.717, 1.165) is 11.1 Å².